The maximum absolute atomic E-state index is 5.92. The summed E-state index contributed by atoms with van der Waals surface area (Å²) in [6, 6.07) is 8.81. The van der Waals surface area contributed by atoms with Crippen molar-refractivity contribution in [2.45, 2.75) is 45.6 Å². The molecule has 0 amide bonds. The number of hydrogen-bond acceptors (Lipinski definition) is 2. The third-order valence-electron chi connectivity index (χ3n) is 4.58. The Kier molecular flexibility index (Phi) is 7.01. The molecule has 2 nitrogen and oxygen atoms in total. The number of piperidine rings is 1. The van der Waals surface area contributed by atoms with Crippen molar-refractivity contribution in [3.05, 3.63) is 34.9 Å². The van der Waals surface area contributed by atoms with Crippen LogP contribution in [-0.2, 0) is 6.42 Å². The van der Waals surface area contributed by atoms with Crippen molar-refractivity contribution in [1.29, 1.82) is 0 Å². The zero-order chi connectivity index (χ0) is 15.1. The minimum Gasteiger partial charge on any atom is -0.314 e. The van der Waals surface area contributed by atoms with E-state index >= 15 is 0 Å². The molecule has 1 aliphatic heterocycles. The van der Waals surface area contributed by atoms with E-state index in [0.29, 0.717) is 6.04 Å². The SMILES string of the molecule is CCCN1CCCC(C(C)NCCc2ccc(Cl)cc2)C1. The summed E-state index contributed by atoms with van der Waals surface area (Å²) in [6.07, 6.45) is 5.07. The molecule has 2 atom stereocenters. The number of rotatable bonds is 7. The molecule has 0 saturated carbocycles. The molecule has 1 fully saturated rings. The van der Waals surface area contributed by atoms with Crippen molar-refractivity contribution < 1.29 is 0 Å². The summed E-state index contributed by atoms with van der Waals surface area (Å²) < 4.78 is 0. The van der Waals surface area contributed by atoms with Gasteiger partial charge in [0.2, 0.25) is 0 Å². The Morgan fingerprint density at radius 1 is 1.33 bits per heavy atom. The topological polar surface area (TPSA) is 15.3 Å². The van der Waals surface area contributed by atoms with Gasteiger partial charge in [-0.25, -0.2) is 0 Å². The molecule has 2 rings (SSSR count). The highest BCUT2D eigenvalue weighted by Crippen LogP contribution is 2.20. The highest BCUT2D eigenvalue weighted by molar-refractivity contribution is 6.30. The van der Waals surface area contributed by atoms with Gasteiger partial charge in [-0.05, 0) is 75.9 Å². The highest BCUT2D eigenvalue weighted by atomic mass is 35.5. The molecule has 1 aliphatic rings. The molecule has 0 aromatic heterocycles. The second kappa shape index (κ2) is 8.77. The molecule has 118 valence electrons. The van der Waals surface area contributed by atoms with E-state index in [1.54, 1.807) is 0 Å². The molecule has 1 heterocycles. The molecule has 0 bridgehead atoms. The number of nitrogens with one attached hydrogen (secondary N) is 1. The molecule has 1 N–H and O–H groups in total. The number of likely N-dealkylation sites (tertiary alicyclic amines) is 1. The quantitative estimate of drug-likeness (QED) is 0.819. The van der Waals surface area contributed by atoms with Crippen molar-refractivity contribution in [2.24, 2.45) is 5.92 Å². The zero-order valence-corrected chi connectivity index (χ0v) is 14.2. The lowest BCUT2D eigenvalue weighted by molar-refractivity contribution is 0.151. The fraction of sp³-hybridized carbons (Fsp3) is 0.667. The van der Waals surface area contributed by atoms with Crippen molar-refractivity contribution >= 4 is 11.6 Å². The van der Waals surface area contributed by atoms with E-state index in [1.807, 2.05) is 12.1 Å². The van der Waals surface area contributed by atoms with Gasteiger partial charge in [0.05, 0.1) is 0 Å². The van der Waals surface area contributed by atoms with Gasteiger partial charge in [0.15, 0.2) is 0 Å². The number of benzene rings is 1. The van der Waals surface area contributed by atoms with Gasteiger partial charge in [-0.3, -0.25) is 0 Å². The van der Waals surface area contributed by atoms with Crippen molar-refractivity contribution in [1.82, 2.24) is 10.2 Å². The monoisotopic (exact) mass is 308 g/mol. The van der Waals surface area contributed by atoms with Gasteiger partial charge >= 0.3 is 0 Å². The van der Waals surface area contributed by atoms with Crippen LogP contribution in [0.5, 0.6) is 0 Å². The predicted molar refractivity (Wildman–Crippen MR) is 92.1 cm³/mol. The fourth-order valence-electron chi connectivity index (χ4n) is 3.28. The largest absolute Gasteiger partial charge is 0.314 e. The zero-order valence-electron chi connectivity index (χ0n) is 13.4. The van der Waals surface area contributed by atoms with Crippen LogP contribution < -0.4 is 5.32 Å². The maximum atomic E-state index is 5.92. The van der Waals surface area contributed by atoms with Gasteiger partial charge < -0.3 is 10.2 Å². The Morgan fingerprint density at radius 2 is 2.10 bits per heavy atom. The van der Waals surface area contributed by atoms with E-state index in [2.05, 4.69) is 36.2 Å². The van der Waals surface area contributed by atoms with E-state index in [-0.39, 0.29) is 0 Å². The Labute approximate surface area is 134 Å². The van der Waals surface area contributed by atoms with Gasteiger partial charge in [0.1, 0.15) is 0 Å². The second-order valence-corrected chi connectivity index (χ2v) is 6.76. The third-order valence-corrected chi connectivity index (χ3v) is 4.83. The Hall–Kier alpha value is -0.570. The molecule has 1 aromatic carbocycles. The van der Waals surface area contributed by atoms with Crippen LogP contribution in [0, 0.1) is 5.92 Å². The van der Waals surface area contributed by atoms with Crippen LogP contribution in [0.1, 0.15) is 38.7 Å². The van der Waals surface area contributed by atoms with Crippen LogP contribution in [-0.4, -0.2) is 37.1 Å². The van der Waals surface area contributed by atoms with Crippen molar-refractivity contribution in [2.75, 3.05) is 26.2 Å². The molecule has 3 heteroatoms. The first kappa shape index (κ1) is 16.8. The van der Waals surface area contributed by atoms with E-state index < -0.39 is 0 Å². The van der Waals surface area contributed by atoms with Crippen LogP contribution in [0.15, 0.2) is 24.3 Å². The van der Waals surface area contributed by atoms with Gasteiger partial charge in [0, 0.05) is 17.6 Å². The molecule has 21 heavy (non-hydrogen) atoms. The number of hydrogen-bond donors (Lipinski definition) is 1. The molecule has 0 spiro atoms. The summed E-state index contributed by atoms with van der Waals surface area (Å²) in [5.41, 5.74) is 1.36. The van der Waals surface area contributed by atoms with Crippen LogP contribution in [0.4, 0.5) is 0 Å². The lowest BCUT2D eigenvalue weighted by Gasteiger charge is -2.36. The maximum Gasteiger partial charge on any atom is 0.0406 e. The lowest BCUT2D eigenvalue weighted by atomic mass is 9.91. The first-order chi connectivity index (χ1) is 10.2. The number of halogens is 1. The molecule has 0 aliphatic carbocycles. The summed E-state index contributed by atoms with van der Waals surface area (Å²) in [5.74, 6) is 0.801. The molecular weight excluding hydrogens is 280 g/mol. The van der Waals surface area contributed by atoms with Crippen LogP contribution >= 0.6 is 11.6 Å². The van der Waals surface area contributed by atoms with E-state index in [1.165, 1.54) is 44.5 Å². The summed E-state index contributed by atoms with van der Waals surface area (Å²) in [4.78, 5) is 2.63. The van der Waals surface area contributed by atoms with E-state index in [4.69, 9.17) is 11.6 Å². The van der Waals surface area contributed by atoms with Crippen LogP contribution in [0.2, 0.25) is 5.02 Å². The Morgan fingerprint density at radius 3 is 2.81 bits per heavy atom. The normalized spacial score (nSPS) is 21.4. The van der Waals surface area contributed by atoms with E-state index in [9.17, 15) is 0 Å². The molecular formula is C18H29ClN2. The lowest BCUT2D eigenvalue weighted by Crippen LogP contribution is -2.45. The highest BCUT2D eigenvalue weighted by Gasteiger charge is 2.23. The van der Waals surface area contributed by atoms with Crippen molar-refractivity contribution in [3.63, 3.8) is 0 Å². The molecule has 1 saturated heterocycles. The molecule has 0 radical (unpaired) electrons. The molecule has 1 aromatic rings. The summed E-state index contributed by atoms with van der Waals surface area (Å²) in [7, 11) is 0. The summed E-state index contributed by atoms with van der Waals surface area (Å²) in [6.45, 7) is 9.49. The first-order valence-electron chi connectivity index (χ1n) is 8.39. The second-order valence-electron chi connectivity index (χ2n) is 6.32. The Balaban J connectivity index is 1.71. The minimum atomic E-state index is 0.608. The minimum absolute atomic E-state index is 0.608. The average molecular weight is 309 g/mol. The van der Waals surface area contributed by atoms with Crippen LogP contribution in [0.25, 0.3) is 0 Å². The third kappa shape index (κ3) is 5.61. The van der Waals surface area contributed by atoms with Gasteiger partial charge in [-0.1, -0.05) is 30.7 Å². The first-order valence-corrected chi connectivity index (χ1v) is 8.77. The summed E-state index contributed by atoms with van der Waals surface area (Å²) in [5, 5.41) is 4.54. The Bertz CT molecular complexity index is 402. The standard InChI is InChI=1S/C18H29ClN2/c1-3-12-21-13-4-5-17(14-21)15(2)20-11-10-16-6-8-18(19)9-7-16/h6-9,15,17,20H,3-5,10-14H2,1-2H3. The van der Waals surface area contributed by atoms with Gasteiger partial charge in [-0.15, -0.1) is 0 Å². The van der Waals surface area contributed by atoms with Crippen molar-refractivity contribution in [3.8, 4) is 0 Å². The smallest absolute Gasteiger partial charge is 0.0406 e. The van der Waals surface area contributed by atoms with E-state index in [0.717, 1.165) is 23.9 Å². The number of nitrogens with zero attached hydrogens (tertiary/aromatic N) is 1. The summed E-state index contributed by atoms with van der Waals surface area (Å²) >= 11 is 5.92. The fourth-order valence-corrected chi connectivity index (χ4v) is 3.41. The average Bonchev–Trinajstić information content (AvgIpc) is 2.50. The molecule has 2 unspecified atom stereocenters. The van der Waals surface area contributed by atoms with Gasteiger partial charge in [-0.2, -0.15) is 0 Å². The van der Waals surface area contributed by atoms with Gasteiger partial charge in [0.25, 0.3) is 0 Å². The van der Waals surface area contributed by atoms with Crippen LogP contribution in [0.3, 0.4) is 0 Å². The predicted octanol–water partition coefficient (Wildman–Crippen LogP) is 3.98.